The molecule has 0 saturated carbocycles. The van der Waals surface area contributed by atoms with E-state index in [0.29, 0.717) is 39.4 Å². The molecule has 1 aromatic heterocycles. The third-order valence-corrected chi connectivity index (χ3v) is 5.48. The van der Waals surface area contributed by atoms with Gasteiger partial charge >= 0.3 is 0 Å². The van der Waals surface area contributed by atoms with Gasteiger partial charge in [0.1, 0.15) is 5.76 Å². The van der Waals surface area contributed by atoms with Gasteiger partial charge in [0.05, 0.1) is 23.1 Å². The van der Waals surface area contributed by atoms with E-state index >= 15 is 0 Å². The normalized spacial score (nSPS) is 20.9. The summed E-state index contributed by atoms with van der Waals surface area (Å²) in [6.07, 6.45) is 1.46. The largest absolute Gasteiger partial charge is 0.469 e. The molecular formula is C19H21Cl2N3O3. The third kappa shape index (κ3) is 3.83. The number of rotatable bonds is 3. The van der Waals surface area contributed by atoms with Crippen LogP contribution in [0, 0.1) is 18.8 Å². The van der Waals surface area contributed by atoms with Crippen LogP contribution in [0.25, 0.3) is 0 Å². The number of nitrogens with zero attached hydrogens (tertiary/aromatic N) is 1. The van der Waals surface area contributed by atoms with E-state index < -0.39 is 0 Å². The summed E-state index contributed by atoms with van der Waals surface area (Å²) in [7, 11) is 0. The molecule has 0 radical (unpaired) electrons. The Labute approximate surface area is 168 Å². The molecule has 4 rings (SSSR count). The number of fused-ring (bicyclic) bond motifs is 1. The van der Waals surface area contributed by atoms with Crippen molar-refractivity contribution in [1.29, 1.82) is 0 Å². The minimum atomic E-state index is -0.324. The predicted molar refractivity (Wildman–Crippen MR) is 106 cm³/mol. The molecule has 27 heavy (non-hydrogen) atoms. The summed E-state index contributed by atoms with van der Waals surface area (Å²) in [5.74, 6) is 1.15. The first kappa shape index (κ1) is 19.7. The standard InChI is InChI=1S/C19H20ClN3O3.ClH/c1-11-15(4-5-26-11)18(24)22-17-6-14(20)2-3-16(17)19(25)23-9-12-7-21-8-13(12)10-23;/h2-6,12-13,21H,7-10H2,1H3,(H,22,24);1H/t12-,13+;. The number of anilines is 1. The molecule has 2 aliphatic rings. The molecule has 1 aromatic carbocycles. The molecule has 144 valence electrons. The summed E-state index contributed by atoms with van der Waals surface area (Å²) in [5, 5.41) is 6.64. The molecule has 2 N–H and O–H groups in total. The maximum Gasteiger partial charge on any atom is 0.259 e. The molecule has 0 aliphatic carbocycles. The van der Waals surface area contributed by atoms with Gasteiger partial charge in [-0.05, 0) is 43.0 Å². The number of likely N-dealkylation sites (tertiary alicyclic amines) is 1. The van der Waals surface area contributed by atoms with Crippen LogP contribution in [0.15, 0.2) is 34.9 Å². The second-order valence-corrected chi connectivity index (χ2v) is 7.36. The van der Waals surface area contributed by atoms with Crippen molar-refractivity contribution in [2.45, 2.75) is 6.92 Å². The van der Waals surface area contributed by atoms with Gasteiger partial charge in [-0.2, -0.15) is 0 Å². The van der Waals surface area contributed by atoms with Gasteiger partial charge in [-0.25, -0.2) is 0 Å². The van der Waals surface area contributed by atoms with Crippen molar-refractivity contribution >= 4 is 41.5 Å². The second kappa shape index (κ2) is 7.92. The first-order valence-electron chi connectivity index (χ1n) is 8.68. The van der Waals surface area contributed by atoms with Crippen LogP contribution < -0.4 is 10.6 Å². The van der Waals surface area contributed by atoms with Gasteiger partial charge in [0.2, 0.25) is 0 Å². The van der Waals surface area contributed by atoms with E-state index in [1.807, 2.05) is 4.90 Å². The zero-order chi connectivity index (χ0) is 18.3. The van der Waals surface area contributed by atoms with Crippen molar-refractivity contribution < 1.29 is 14.0 Å². The number of aryl methyl sites for hydroxylation is 1. The Balaban J connectivity index is 0.00000210. The molecule has 6 nitrogen and oxygen atoms in total. The van der Waals surface area contributed by atoms with Crippen molar-refractivity contribution in [2.75, 3.05) is 31.5 Å². The van der Waals surface area contributed by atoms with Gasteiger partial charge in [0.15, 0.2) is 0 Å². The average Bonchev–Trinajstić information content (AvgIpc) is 3.29. The molecule has 8 heteroatoms. The maximum absolute atomic E-state index is 13.0. The molecule has 2 amide bonds. The summed E-state index contributed by atoms with van der Waals surface area (Å²) in [5.41, 5.74) is 1.31. The summed E-state index contributed by atoms with van der Waals surface area (Å²) >= 11 is 6.10. The van der Waals surface area contributed by atoms with Gasteiger partial charge in [0, 0.05) is 31.2 Å². The Morgan fingerprint density at radius 3 is 2.52 bits per heavy atom. The van der Waals surface area contributed by atoms with Crippen LogP contribution >= 0.6 is 24.0 Å². The summed E-state index contributed by atoms with van der Waals surface area (Å²) in [6, 6.07) is 6.56. The van der Waals surface area contributed by atoms with Gasteiger partial charge in [0.25, 0.3) is 11.8 Å². The van der Waals surface area contributed by atoms with Gasteiger partial charge in [-0.15, -0.1) is 12.4 Å². The van der Waals surface area contributed by atoms with Crippen LogP contribution in [0.2, 0.25) is 5.02 Å². The predicted octanol–water partition coefficient (Wildman–Crippen LogP) is 3.21. The highest BCUT2D eigenvalue weighted by molar-refractivity contribution is 6.31. The number of benzene rings is 1. The Morgan fingerprint density at radius 2 is 1.89 bits per heavy atom. The zero-order valence-electron chi connectivity index (χ0n) is 14.8. The highest BCUT2D eigenvalue weighted by Crippen LogP contribution is 2.30. The lowest BCUT2D eigenvalue weighted by atomic mass is 10.0. The Morgan fingerprint density at radius 1 is 1.19 bits per heavy atom. The fourth-order valence-electron chi connectivity index (χ4n) is 3.81. The van der Waals surface area contributed by atoms with Crippen LogP contribution in [0.4, 0.5) is 5.69 Å². The smallest absolute Gasteiger partial charge is 0.259 e. The Hall–Kier alpha value is -2.02. The van der Waals surface area contributed by atoms with E-state index in [1.165, 1.54) is 6.26 Å². The van der Waals surface area contributed by atoms with E-state index in [1.54, 1.807) is 31.2 Å². The molecule has 3 heterocycles. The fourth-order valence-corrected chi connectivity index (χ4v) is 3.98. The summed E-state index contributed by atoms with van der Waals surface area (Å²) in [4.78, 5) is 27.4. The molecule has 2 aliphatic heterocycles. The van der Waals surface area contributed by atoms with Crippen LogP contribution in [-0.4, -0.2) is 42.9 Å². The number of carbonyl (C=O) groups excluding carboxylic acids is 2. The molecule has 0 bridgehead atoms. The van der Waals surface area contributed by atoms with E-state index in [9.17, 15) is 9.59 Å². The second-order valence-electron chi connectivity index (χ2n) is 6.92. The molecule has 2 saturated heterocycles. The maximum atomic E-state index is 13.0. The number of hydrogen-bond acceptors (Lipinski definition) is 4. The van der Waals surface area contributed by atoms with Crippen LogP contribution in [-0.2, 0) is 0 Å². The molecule has 2 atom stereocenters. The topological polar surface area (TPSA) is 74.6 Å². The number of carbonyl (C=O) groups is 2. The zero-order valence-corrected chi connectivity index (χ0v) is 16.4. The van der Waals surface area contributed by atoms with Crippen LogP contribution in [0.5, 0.6) is 0 Å². The fraction of sp³-hybridized carbons (Fsp3) is 0.368. The van der Waals surface area contributed by atoms with E-state index in [4.69, 9.17) is 16.0 Å². The van der Waals surface area contributed by atoms with Crippen molar-refractivity contribution in [3.63, 3.8) is 0 Å². The van der Waals surface area contributed by atoms with Crippen molar-refractivity contribution in [2.24, 2.45) is 11.8 Å². The lowest BCUT2D eigenvalue weighted by molar-refractivity contribution is 0.0782. The van der Waals surface area contributed by atoms with Crippen LogP contribution in [0.3, 0.4) is 0 Å². The number of nitrogens with one attached hydrogen (secondary N) is 2. The van der Waals surface area contributed by atoms with Gasteiger partial charge < -0.3 is 20.0 Å². The molecule has 2 aromatic rings. The Bertz CT molecular complexity index is 856. The highest BCUT2D eigenvalue weighted by Gasteiger charge is 2.38. The van der Waals surface area contributed by atoms with Crippen LogP contribution in [0.1, 0.15) is 26.5 Å². The summed E-state index contributed by atoms with van der Waals surface area (Å²) in [6.45, 7) is 5.12. The number of amides is 2. The van der Waals surface area contributed by atoms with Gasteiger partial charge in [-0.1, -0.05) is 11.6 Å². The monoisotopic (exact) mass is 409 g/mol. The lowest BCUT2D eigenvalue weighted by Gasteiger charge is -2.20. The SMILES string of the molecule is Cc1occc1C(=O)Nc1cc(Cl)ccc1C(=O)N1C[C@H]2CNC[C@H]2C1.Cl. The third-order valence-electron chi connectivity index (χ3n) is 5.24. The first-order valence-corrected chi connectivity index (χ1v) is 9.05. The molecule has 2 fully saturated rings. The summed E-state index contributed by atoms with van der Waals surface area (Å²) < 4.78 is 5.18. The van der Waals surface area contributed by atoms with E-state index in [0.717, 1.165) is 26.2 Å². The average molecular weight is 410 g/mol. The number of furan rings is 1. The van der Waals surface area contributed by atoms with Crippen molar-refractivity contribution in [3.05, 3.63) is 52.4 Å². The van der Waals surface area contributed by atoms with Crippen molar-refractivity contribution in [1.82, 2.24) is 10.2 Å². The Kier molecular flexibility index (Phi) is 5.79. The number of halogens is 2. The van der Waals surface area contributed by atoms with Crippen molar-refractivity contribution in [3.8, 4) is 0 Å². The van der Waals surface area contributed by atoms with E-state index in [2.05, 4.69) is 10.6 Å². The number of hydrogen-bond donors (Lipinski definition) is 2. The molecule has 0 spiro atoms. The van der Waals surface area contributed by atoms with E-state index in [-0.39, 0.29) is 24.2 Å². The molecular weight excluding hydrogens is 389 g/mol. The minimum Gasteiger partial charge on any atom is -0.469 e. The highest BCUT2D eigenvalue weighted by atomic mass is 35.5. The lowest BCUT2D eigenvalue weighted by Crippen LogP contribution is -2.32. The first-order chi connectivity index (χ1) is 12.5. The van der Waals surface area contributed by atoms with Gasteiger partial charge in [-0.3, -0.25) is 9.59 Å². The molecule has 0 unspecified atom stereocenters. The minimum absolute atomic E-state index is 0. The quantitative estimate of drug-likeness (QED) is 0.815.